The Labute approximate surface area is 137 Å². The molecule has 23 heavy (non-hydrogen) atoms. The third-order valence-electron chi connectivity index (χ3n) is 2.87. The Balaban J connectivity index is 2.60. The highest BCUT2D eigenvalue weighted by Crippen LogP contribution is 2.16. The lowest BCUT2D eigenvalue weighted by Crippen LogP contribution is -2.33. The van der Waals surface area contributed by atoms with Crippen molar-refractivity contribution >= 4 is 12.2 Å². The van der Waals surface area contributed by atoms with E-state index in [9.17, 15) is 9.59 Å². The highest BCUT2D eigenvalue weighted by Gasteiger charge is 2.17. The van der Waals surface area contributed by atoms with E-state index in [1.807, 2.05) is 13.8 Å². The molecule has 0 aliphatic carbocycles. The Morgan fingerprint density at radius 1 is 1.13 bits per heavy atom. The predicted molar refractivity (Wildman–Crippen MR) is 86.4 cm³/mol. The lowest BCUT2D eigenvalue weighted by molar-refractivity contribution is -0.0108. The van der Waals surface area contributed by atoms with Crippen LogP contribution in [0, 0.1) is 0 Å². The molecule has 0 aliphatic rings. The molecule has 1 amide bonds. The van der Waals surface area contributed by atoms with Gasteiger partial charge in [0.2, 0.25) is 0 Å². The third kappa shape index (κ3) is 7.04. The maximum atomic E-state index is 11.9. The van der Waals surface area contributed by atoms with Gasteiger partial charge in [-0.1, -0.05) is 12.1 Å². The molecule has 1 rings (SSSR count). The quantitative estimate of drug-likeness (QED) is 0.767. The summed E-state index contributed by atoms with van der Waals surface area (Å²) in [5, 5.41) is 0. The van der Waals surface area contributed by atoms with E-state index in [1.165, 1.54) is 0 Å². The number of ether oxygens (including phenoxy) is 3. The lowest BCUT2D eigenvalue weighted by Gasteiger charge is -2.19. The van der Waals surface area contributed by atoms with Crippen molar-refractivity contribution in [2.75, 3.05) is 13.1 Å². The molecule has 1 aromatic carbocycles. The molecule has 0 aliphatic heterocycles. The van der Waals surface area contributed by atoms with Crippen LogP contribution in [-0.2, 0) is 16.1 Å². The maximum absolute atomic E-state index is 11.9. The topological polar surface area (TPSA) is 65.1 Å². The fraction of sp³-hybridized carbons (Fsp3) is 0.529. The van der Waals surface area contributed by atoms with E-state index in [0.717, 1.165) is 0 Å². The van der Waals surface area contributed by atoms with E-state index in [4.69, 9.17) is 14.2 Å². The molecule has 6 heteroatoms. The van der Waals surface area contributed by atoms with Crippen LogP contribution in [0.1, 0.15) is 40.2 Å². The number of rotatable bonds is 5. The van der Waals surface area contributed by atoms with Crippen LogP contribution in [0.25, 0.3) is 0 Å². The summed E-state index contributed by atoms with van der Waals surface area (Å²) in [5.41, 5.74) is 0.110. The molecule has 0 saturated carbocycles. The summed E-state index contributed by atoms with van der Waals surface area (Å²) in [7, 11) is 0. The zero-order valence-electron chi connectivity index (χ0n) is 14.4. The minimum Gasteiger partial charge on any atom is -0.429 e. The van der Waals surface area contributed by atoms with Gasteiger partial charge in [-0.05, 0) is 52.3 Å². The molecular formula is C17H25NO5. The van der Waals surface area contributed by atoms with Crippen molar-refractivity contribution in [2.24, 2.45) is 0 Å². The average molecular weight is 323 g/mol. The van der Waals surface area contributed by atoms with Crippen molar-refractivity contribution in [1.82, 2.24) is 4.90 Å². The van der Waals surface area contributed by atoms with Gasteiger partial charge in [0.05, 0.1) is 0 Å². The van der Waals surface area contributed by atoms with Crippen LogP contribution in [0.2, 0.25) is 0 Å². The number of hydrogen-bond acceptors (Lipinski definition) is 5. The molecule has 0 heterocycles. The predicted octanol–water partition coefficient (Wildman–Crippen LogP) is 3.98. The van der Waals surface area contributed by atoms with Crippen molar-refractivity contribution < 1.29 is 23.8 Å². The van der Waals surface area contributed by atoms with Crippen LogP contribution in [0.4, 0.5) is 9.59 Å². The first kappa shape index (κ1) is 18.8. The zero-order valence-corrected chi connectivity index (χ0v) is 14.4. The Morgan fingerprint density at radius 3 is 2.35 bits per heavy atom. The average Bonchev–Trinajstić information content (AvgIpc) is 2.45. The molecule has 0 N–H and O–H groups in total. The standard InChI is InChI=1S/C17H25NO5/c1-6-18(7-2)15(19)22-14-10-8-9-13(11-14)12-21-16(20)23-17(3,4)5/h8-11H,6-7,12H2,1-5H3. The minimum absolute atomic E-state index is 0.0472. The number of carbonyl (C=O) groups excluding carboxylic acids is 2. The molecular weight excluding hydrogens is 298 g/mol. The summed E-state index contributed by atoms with van der Waals surface area (Å²) >= 11 is 0. The monoisotopic (exact) mass is 323 g/mol. The summed E-state index contributed by atoms with van der Waals surface area (Å²) in [4.78, 5) is 25.0. The van der Waals surface area contributed by atoms with Crippen LogP contribution in [0.15, 0.2) is 24.3 Å². The van der Waals surface area contributed by atoms with Gasteiger partial charge in [0.1, 0.15) is 18.0 Å². The van der Waals surface area contributed by atoms with Crippen molar-refractivity contribution in [3.8, 4) is 5.75 Å². The fourth-order valence-corrected chi connectivity index (χ4v) is 1.77. The number of amides is 1. The third-order valence-corrected chi connectivity index (χ3v) is 2.87. The summed E-state index contributed by atoms with van der Waals surface area (Å²) in [6, 6.07) is 6.85. The highest BCUT2D eigenvalue weighted by atomic mass is 16.7. The minimum atomic E-state index is -0.733. The van der Waals surface area contributed by atoms with E-state index in [-0.39, 0.29) is 6.61 Å². The van der Waals surface area contributed by atoms with Crippen LogP contribution in [-0.4, -0.2) is 35.8 Å². The molecule has 0 atom stereocenters. The van der Waals surface area contributed by atoms with Crippen molar-refractivity contribution in [3.05, 3.63) is 29.8 Å². The van der Waals surface area contributed by atoms with Gasteiger partial charge < -0.3 is 19.1 Å². The van der Waals surface area contributed by atoms with Gasteiger partial charge in [0, 0.05) is 13.1 Å². The lowest BCUT2D eigenvalue weighted by atomic mass is 10.2. The number of benzene rings is 1. The van der Waals surface area contributed by atoms with Crippen LogP contribution < -0.4 is 4.74 Å². The second-order valence-electron chi connectivity index (χ2n) is 5.94. The van der Waals surface area contributed by atoms with Gasteiger partial charge in [-0.2, -0.15) is 0 Å². The van der Waals surface area contributed by atoms with Gasteiger partial charge in [0.15, 0.2) is 0 Å². The Morgan fingerprint density at radius 2 is 1.78 bits per heavy atom. The first-order valence-electron chi connectivity index (χ1n) is 7.66. The van der Waals surface area contributed by atoms with E-state index in [0.29, 0.717) is 24.4 Å². The van der Waals surface area contributed by atoms with Gasteiger partial charge >= 0.3 is 12.2 Å². The fourth-order valence-electron chi connectivity index (χ4n) is 1.77. The van der Waals surface area contributed by atoms with E-state index >= 15 is 0 Å². The van der Waals surface area contributed by atoms with Crippen LogP contribution in [0.5, 0.6) is 5.75 Å². The van der Waals surface area contributed by atoms with Gasteiger partial charge in [0.25, 0.3) is 0 Å². The second kappa shape index (κ2) is 8.41. The van der Waals surface area contributed by atoms with Crippen molar-refractivity contribution in [1.29, 1.82) is 0 Å². The maximum Gasteiger partial charge on any atom is 0.509 e. The molecule has 0 saturated heterocycles. The highest BCUT2D eigenvalue weighted by molar-refractivity contribution is 5.70. The number of carbonyl (C=O) groups is 2. The largest absolute Gasteiger partial charge is 0.509 e. The van der Waals surface area contributed by atoms with Crippen molar-refractivity contribution in [3.63, 3.8) is 0 Å². The summed E-state index contributed by atoms with van der Waals surface area (Å²) in [6.07, 6.45) is -1.14. The summed E-state index contributed by atoms with van der Waals surface area (Å²) in [6.45, 7) is 10.3. The van der Waals surface area contributed by atoms with E-state index in [1.54, 1.807) is 49.9 Å². The van der Waals surface area contributed by atoms with Crippen molar-refractivity contribution in [2.45, 2.75) is 46.8 Å². The molecule has 1 aromatic rings. The first-order chi connectivity index (χ1) is 10.7. The summed E-state index contributed by atoms with van der Waals surface area (Å²) < 4.78 is 15.4. The molecule has 0 unspecified atom stereocenters. The van der Waals surface area contributed by atoms with Crippen LogP contribution in [0.3, 0.4) is 0 Å². The molecule has 0 spiro atoms. The van der Waals surface area contributed by atoms with Crippen LogP contribution >= 0.6 is 0 Å². The summed E-state index contributed by atoms with van der Waals surface area (Å²) in [5.74, 6) is 0.409. The molecule has 0 fully saturated rings. The molecule has 0 radical (unpaired) electrons. The first-order valence-corrected chi connectivity index (χ1v) is 7.66. The van der Waals surface area contributed by atoms with E-state index < -0.39 is 17.8 Å². The number of nitrogens with zero attached hydrogens (tertiary/aromatic N) is 1. The molecule has 0 aromatic heterocycles. The molecule has 0 bridgehead atoms. The number of hydrogen-bond donors (Lipinski definition) is 0. The normalized spacial score (nSPS) is 10.8. The van der Waals surface area contributed by atoms with E-state index in [2.05, 4.69) is 0 Å². The zero-order chi connectivity index (χ0) is 17.5. The van der Waals surface area contributed by atoms with Gasteiger partial charge in [-0.3, -0.25) is 0 Å². The Bertz CT molecular complexity index is 532. The smallest absolute Gasteiger partial charge is 0.429 e. The Hall–Kier alpha value is -2.24. The van der Waals surface area contributed by atoms with Gasteiger partial charge in [-0.15, -0.1) is 0 Å². The molecule has 128 valence electrons. The molecule has 6 nitrogen and oxygen atoms in total. The SMILES string of the molecule is CCN(CC)C(=O)Oc1cccc(COC(=O)OC(C)(C)C)c1. The Kier molecular flexibility index (Phi) is 6.88. The second-order valence-corrected chi connectivity index (χ2v) is 5.94. The van der Waals surface area contributed by atoms with Gasteiger partial charge in [-0.25, -0.2) is 9.59 Å².